The van der Waals surface area contributed by atoms with Gasteiger partial charge >= 0.3 is 0 Å². The number of thiol groups is 1. The second-order valence-corrected chi connectivity index (χ2v) is 5.03. The van der Waals surface area contributed by atoms with Crippen molar-refractivity contribution in [1.29, 1.82) is 0 Å². The molecular formula is C13H17NS. The Kier molecular flexibility index (Phi) is 2.55. The minimum Gasteiger partial charge on any atom is -0.358 e. The zero-order valence-corrected chi connectivity index (χ0v) is 10.4. The molecule has 0 radical (unpaired) electrons. The average molecular weight is 219 g/mol. The molecule has 15 heavy (non-hydrogen) atoms. The summed E-state index contributed by atoms with van der Waals surface area (Å²) in [5.41, 5.74) is 4.00. The van der Waals surface area contributed by atoms with Crippen molar-refractivity contribution in [2.75, 3.05) is 5.75 Å². The van der Waals surface area contributed by atoms with Crippen LogP contribution in [-0.4, -0.2) is 10.7 Å². The predicted octanol–water partition coefficient (Wildman–Crippen LogP) is 3.68. The standard InChI is InChI=1S/C13H17NS/c1-9-12(13(2,3)8-15)10-6-4-5-7-11(10)14-9/h4-7,14-15H,8H2,1-3H3. The number of H-pyrrole nitrogens is 1. The lowest BCUT2D eigenvalue weighted by Gasteiger charge is -2.23. The van der Waals surface area contributed by atoms with E-state index in [4.69, 9.17) is 0 Å². The van der Waals surface area contributed by atoms with Crippen LogP contribution in [0.4, 0.5) is 0 Å². The van der Waals surface area contributed by atoms with Crippen LogP contribution in [0.15, 0.2) is 24.3 Å². The van der Waals surface area contributed by atoms with Crippen LogP contribution in [0.25, 0.3) is 10.9 Å². The Morgan fingerprint density at radius 1 is 1.27 bits per heavy atom. The highest BCUT2D eigenvalue weighted by atomic mass is 32.1. The molecule has 0 aliphatic carbocycles. The second kappa shape index (κ2) is 3.60. The zero-order chi connectivity index (χ0) is 11.1. The molecule has 1 aromatic heterocycles. The van der Waals surface area contributed by atoms with Crippen LogP contribution in [0.2, 0.25) is 0 Å². The van der Waals surface area contributed by atoms with E-state index < -0.39 is 0 Å². The monoisotopic (exact) mass is 219 g/mol. The lowest BCUT2D eigenvalue weighted by molar-refractivity contribution is 0.605. The van der Waals surface area contributed by atoms with E-state index >= 15 is 0 Å². The van der Waals surface area contributed by atoms with Crippen molar-refractivity contribution in [3.63, 3.8) is 0 Å². The van der Waals surface area contributed by atoms with Gasteiger partial charge in [-0.1, -0.05) is 32.0 Å². The van der Waals surface area contributed by atoms with Gasteiger partial charge < -0.3 is 4.98 Å². The first-order chi connectivity index (χ1) is 7.06. The summed E-state index contributed by atoms with van der Waals surface area (Å²) in [6.07, 6.45) is 0. The van der Waals surface area contributed by atoms with Gasteiger partial charge in [0.05, 0.1) is 0 Å². The smallest absolute Gasteiger partial charge is 0.0459 e. The van der Waals surface area contributed by atoms with Crippen molar-refractivity contribution in [3.8, 4) is 0 Å². The lowest BCUT2D eigenvalue weighted by atomic mass is 9.84. The van der Waals surface area contributed by atoms with E-state index in [1.54, 1.807) is 0 Å². The van der Waals surface area contributed by atoms with Gasteiger partial charge in [0.15, 0.2) is 0 Å². The fraction of sp³-hybridized carbons (Fsp3) is 0.385. The molecule has 0 saturated carbocycles. The third kappa shape index (κ3) is 1.67. The van der Waals surface area contributed by atoms with Crippen molar-refractivity contribution >= 4 is 23.5 Å². The van der Waals surface area contributed by atoms with Gasteiger partial charge in [-0.05, 0) is 24.3 Å². The molecule has 0 unspecified atom stereocenters. The minimum absolute atomic E-state index is 0.118. The highest BCUT2D eigenvalue weighted by Crippen LogP contribution is 2.33. The number of aromatic amines is 1. The highest BCUT2D eigenvalue weighted by Gasteiger charge is 2.24. The molecular weight excluding hydrogens is 202 g/mol. The van der Waals surface area contributed by atoms with E-state index in [9.17, 15) is 0 Å². The minimum atomic E-state index is 0.118. The number of hydrogen-bond donors (Lipinski definition) is 2. The van der Waals surface area contributed by atoms with Crippen molar-refractivity contribution in [2.45, 2.75) is 26.2 Å². The Hall–Kier alpha value is -0.890. The summed E-state index contributed by atoms with van der Waals surface area (Å²) in [5, 5.41) is 1.33. The van der Waals surface area contributed by atoms with Crippen LogP contribution in [0.3, 0.4) is 0 Å². The van der Waals surface area contributed by atoms with E-state index in [2.05, 4.69) is 62.6 Å². The van der Waals surface area contributed by atoms with Crippen LogP contribution >= 0.6 is 12.6 Å². The molecule has 0 saturated heterocycles. The summed E-state index contributed by atoms with van der Waals surface area (Å²) in [7, 11) is 0. The summed E-state index contributed by atoms with van der Waals surface area (Å²) in [4.78, 5) is 3.43. The lowest BCUT2D eigenvalue weighted by Crippen LogP contribution is -2.19. The molecule has 2 aromatic rings. The molecule has 0 fully saturated rings. The first-order valence-electron chi connectivity index (χ1n) is 5.25. The van der Waals surface area contributed by atoms with Gasteiger partial charge in [-0.2, -0.15) is 12.6 Å². The molecule has 0 spiro atoms. The van der Waals surface area contributed by atoms with E-state index in [-0.39, 0.29) is 5.41 Å². The van der Waals surface area contributed by atoms with Crippen molar-refractivity contribution in [2.24, 2.45) is 0 Å². The Balaban J connectivity index is 2.74. The summed E-state index contributed by atoms with van der Waals surface area (Å²) < 4.78 is 0. The van der Waals surface area contributed by atoms with Crippen LogP contribution in [-0.2, 0) is 5.41 Å². The quantitative estimate of drug-likeness (QED) is 0.717. The first kappa shape index (κ1) is 10.6. The topological polar surface area (TPSA) is 15.8 Å². The number of aromatic nitrogens is 1. The first-order valence-corrected chi connectivity index (χ1v) is 5.88. The van der Waals surface area contributed by atoms with E-state index in [0.717, 1.165) is 5.75 Å². The third-order valence-corrected chi connectivity index (χ3v) is 3.76. The predicted molar refractivity (Wildman–Crippen MR) is 69.9 cm³/mol. The fourth-order valence-corrected chi connectivity index (χ4v) is 2.39. The van der Waals surface area contributed by atoms with Crippen molar-refractivity contribution in [1.82, 2.24) is 4.98 Å². The zero-order valence-electron chi connectivity index (χ0n) is 9.46. The van der Waals surface area contributed by atoms with Gasteiger partial charge in [-0.3, -0.25) is 0 Å². The van der Waals surface area contributed by atoms with E-state index in [1.807, 2.05) is 0 Å². The number of hydrogen-bond acceptors (Lipinski definition) is 1. The van der Waals surface area contributed by atoms with E-state index in [0.29, 0.717) is 0 Å². The SMILES string of the molecule is Cc1[nH]c2ccccc2c1C(C)(C)CS. The van der Waals surface area contributed by atoms with E-state index in [1.165, 1.54) is 22.2 Å². The number of aryl methyl sites for hydroxylation is 1. The molecule has 0 amide bonds. The number of fused-ring (bicyclic) bond motifs is 1. The summed E-state index contributed by atoms with van der Waals surface area (Å²) in [6.45, 7) is 6.62. The summed E-state index contributed by atoms with van der Waals surface area (Å²) in [6, 6.07) is 8.46. The molecule has 0 bridgehead atoms. The molecule has 0 aliphatic heterocycles. The van der Waals surface area contributed by atoms with Gasteiger partial charge in [-0.25, -0.2) is 0 Å². The molecule has 2 heteroatoms. The van der Waals surface area contributed by atoms with Crippen LogP contribution in [0, 0.1) is 6.92 Å². The maximum absolute atomic E-state index is 4.45. The maximum Gasteiger partial charge on any atom is 0.0459 e. The van der Waals surface area contributed by atoms with Gasteiger partial charge in [0.2, 0.25) is 0 Å². The highest BCUT2D eigenvalue weighted by molar-refractivity contribution is 7.80. The number of para-hydroxylation sites is 1. The van der Waals surface area contributed by atoms with Crippen LogP contribution < -0.4 is 0 Å². The summed E-state index contributed by atoms with van der Waals surface area (Å²) in [5.74, 6) is 0.857. The average Bonchev–Trinajstić information content (AvgIpc) is 2.54. The molecule has 1 N–H and O–H groups in total. The Morgan fingerprint density at radius 2 is 1.93 bits per heavy atom. The van der Waals surface area contributed by atoms with Crippen molar-refractivity contribution < 1.29 is 0 Å². The molecule has 1 aromatic carbocycles. The Labute approximate surface area is 96.3 Å². The van der Waals surface area contributed by atoms with Crippen LogP contribution in [0.1, 0.15) is 25.1 Å². The van der Waals surface area contributed by atoms with Crippen LogP contribution in [0.5, 0.6) is 0 Å². The molecule has 1 heterocycles. The van der Waals surface area contributed by atoms with Crippen molar-refractivity contribution in [3.05, 3.63) is 35.5 Å². The molecule has 80 valence electrons. The number of benzene rings is 1. The van der Waals surface area contributed by atoms with Gasteiger partial charge in [0.1, 0.15) is 0 Å². The van der Waals surface area contributed by atoms with Gasteiger partial charge in [0, 0.05) is 22.0 Å². The summed E-state index contributed by atoms with van der Waals surface area (Å²) >= 11 is 4.45. The third-order valence-electron chi connectivity index (χ3n) is 2.97. The van der Waals surface area contributed by atoms with Gasteiger partial charge in [-0.15, -0.1) is 0 Å². The maximum atomic E-state index is 4.45. The molecule has 2 rings (SSSR count). The molecule has 0 aliphatic rings. The Morgan fingerprint density at radius 3 is 2.60 bits per heavy atom. The molecule has 0 atom stereocenters. The normalized spacial score (nSPS) is 12.3. The number of rotatable bonds is 2. The van der Waals surface area contributed by atoms with Gasteiger partial charge in [0.25, 0.3) is 0 Å². The second-order valence-electron chi connectivity index (χ2n) is 4.71. The largest absolute Gasteiger partial charge is 0.358 e. The Bertz CT molecular complexity index is 482. The molecule has 1 nitrogen and oxygen atoms in total. The number of nitrogens with one attached hydrogen (secondary N) is 1. The fourth-order valence-electron chi connectivity index (χ4n) is 2.23.